The van der Waals surface area contributed by atoms with Crippen LogP contribution in [0, 0.1) is 0 Å². The van der Waals surface area contributed by atoms with Gasteiger partial charge in [-0.25, -0.2) is 4.98 Å². The van der Waals surface area contributed by atoms with E-state index in [2.05, 4.69) is 22.6 Å². The van der Waals surface area contributed by atoms with E-state index in [9.17, 15) is 5.11 Å². The average molecular weight is 282 g/mol. The topological polar surface area (TPSA) is 45.2 Å². The molecule has 0 radical (unpaired) electrons. The molecule has 18 heavy (non-hydrogen) atoms. The average Bonchev–Trinajstić information content (AvgIpc) is 3.00. The minimum Gasteiger partial charge on any atom is -0.384 e. The fourth-order valence-corrected chi connectivity index (χ4v) is 3.23. The number of rotatable bonds is 6. The first-order chi connectivity index (χ1) is 8.62. The van der Waals surface area contributed by atoms with Gasteiger partial charge in [0.2, 0.25) is 0 Å². The van der Waals surface area contributed by atoms with Gasteiger partial charge in [0.15, 0.2) is 0 Å². The summed E-state index contributed by atoms with van der Waals surface area (Å²) in [6.07, 6.45) is 0.983. The number of hydrogen-bond acceptors (Lipinski definition) is 5. The van der Waals surface area contributed by atoms with Crippen LogP contribution in [0.25, 0.3) is 0 Å². The highest BCUT2D eigenvalue weighted by Crippen LogP contribution is 2.22. The monoisotopic (exact) mass is 282 g/mol. The van der Waals surface area contributed by atoms with Crippen LogP contribution < -0.4 is 5.32 Å². The smallest absolute Gasteiger partial charge is 0.1000 e. The summed E-state index contributed by atoms with van der Waals surface area (Å²) in [5, 5.41) is 20.8. The molecule has 2 aromatic rings. The number of thiophene rings is 1. The van der Waals surface area contributed by atoms with Crippen LogP contribution in [0.1, 0.15) is 30.1 Å². The first-order valence-corrected chi connectivity index (χ1v) is 7.83. The lowest BCUT2D eigenvalue weighted by Crippen LogP contribution is -2.34. The van der Waals surface area contributed by atoms with Gasteiger partial charge in [0.25, 0.3) is 0 Å². The number of hydrogen-bond donors (Lipinski definition) is 2. The highest BCUT2D eigenvalue weighted by Gasteiger charge is 2.22. The van der Waals surface area contributed by atoms with Gasteiger partial charge in [-0.3, -0.25) is 0 Å². The summed E-state index contributed by atoms with van der Waals surface area (Å²) < 4.78 is 0. The quantitative estimate of drug-likeness (QED) is 0.856. The van der Waals surface area contributed by atoms with Crippen LogP contribution in [0.3, 0.4) is 0 Å². The van der Waals surface area contributed by atoms with Crippen molar-refractivity contribution in [1.29, 1.82) is 0 Å². The summed E-state index contributed by atoms with van der Waals surface area (Å²) in [7, 11) is 0. The van der Waals surface area contributed by atoms with Crippen LogP contribution >= 0.6 is 22.7 Å². The molecule has 0 saturated heterocycles. The number of nitrogens with one attached hydrogen (secondary N) is 1. The Balaban J connectivity index is 1.85. The molecule has 0 spiro atoms. The molecule has 0 fully saturated rings. The molecule has 0 aliphatic heterocycles. The Morgan fingerprint density at radius 3 is 2.89 bits per heavy atom. The zero-order chi connectivity index (χ0) is 13.0. The maximum absolute atomic E-state index is 10.3. The lowest BCUT2D eigenvalue weighted by atomic mass is 9.99. The van der Waals surface area contributed by atoms with Crippen LogP contribution in [0.5, 0.6) is 0 Å². The number of aromatic nitrogens is 1. The summed E-state index contributed by atoms with van der Waals surface area (Å²) in [4.78, 5) is 4.49. The van der Waals surface area contributed by atoms with Crippen LogP contribution in [-0.4, -0.2) is 16.6 Å². The van der Waals surface area contributed by atoms with Gasteiger partial charge in [-0.15, -0.1) is 11.3 Å². The lowest BCUT2D eigenvalue weighted by molar-refractivity contribution is 0.0570. The fraction of sp³-hybridized carbons (Fsp3) is 0.462. The molecule has 5 heteroatoms. The fourth-order valence-electron chi connectivity index (χ4n) is 1.70. The molecule has 0 bridgehead atoms. The molecule has 0 aromatic carbocycles. The third-order valence-electron chi connectivity index (χ3n) is 2.82. The first-order valence-electron chi connectivity index (χ1n) is 6.01. The molecular formula is C13H18N2OS2. The van der Waals surface area contributed by atoms with Gasteiger partial charge >= 0.3 is 0 Å². The standard InChI is InChI=1S/C13H18N2OS2/c1-3-12-15-11(8-18-12)6-14-9-13(2,16)10-4-5-17-7-10/h4-5,7-8,14,16H,3,6,9H2,1-2H3. The molecule has 3 nitrogen and oxygen atoms in total. The van der Waals surface area contributed by atoms with Gasteiger partial charge in [-0.1, -0.05) is 6.92 Å². The number of thiazole rings is 1. The Morgan fingerprint density at radius 2 is 2.28 bits per heavy atom. The minimum absolute atomic E-state index is 0.530. The normalized spacial score (nSPS) is 14.6. The maximum atomic E-state index is 10.3. The van der Waals surface area contributed by atoms with E-state index >= 15 is 0 Å². The summed E-state index contributed by atoms with van der Waals surface area (Å²) in [5.41, 5.74) is 1.20. The van der Waals surface area contributed by atoms with E-state index in [1.807, 2.05) is 23.8 Å². The van der Waals surface area contributed by atoms with E-state index in [0.29, 0.717) is 13.1 Å². The van der Waals surface area contributed by atoms with E-state index in [-0.39, 0.29) is 0 Å². The molecule has 2 N–H and O–H groups in total. The van der Waals surface area contributed by atoms with Crippen molar-refractivity contribution < 1.29 is 5.11 Å². The Morgan fingerprint density at radius 1 is 1.44 bits per heavy atom. The van der Waals surface area contributed by atoms with Crippen LogP contribution in [-0.2, 0) is 18.6 Å². The summed E-state index contributed by atoms with van der Waals surface area (Å²) >= 11 is 3.30. The van der Waals surface area contributed by atoms with Crippen molar-refractivity contribution in [2.75, 3.05) is 6.54 Å². The van der Waals surface area contributed by atoms with Crippen molar-refractivity contribution in [2.24, 2.45) is 0 Å². The molecule has 0 aliphatic carbocycles. The highest BCUT2D eigenvalue weighted by atomic mass is 32.1. The predicted octanol–water partition coefficient (Wildman–Crippen LogP) is 2.76. The van der Waals surface area contributed by atoms with Crippen LogP contribution in [0.15, 0.2) is 22.2 Å². The Labute approximate surface area is 116 Å². The molecule has 0 aliphatic rings. The minimum atomic E-state index is -0.816. The Hall–Kier alpha value is -0.750. The molecule has 2 rings (SSSR count). The molecule has 2 heterocycles. The molecule has 98 valence electrons. The van der Waals surface area contributed by atoms with E-state index in [1.165, 1.54) is 0 Å². The lowest BCUT2D eigenvalue weighted by Gasteiger charge is -2.22. The van der Waals surface area contributed by atoms with Crippen molar-refractivity contribution in [3.05, 3.63) is 38.5 Å². The zero-order valence-corrected chi connectivity index (χ0v) is 12.3. The third-order valence-corrected chi connectivity index (χ3v) is 4.55. The van der Waals surface area contributed by atoms with Gasteiger partial charge in [0, 0.05) is 18.5 Å². The second-order valence-electron chi connectivity index (χ2n) is 4.48. The van der Waals surface area contributed by atoms with Gasteiger partial charge in [-0.05, 0) is 35.7 Å². The first kappa shape index (κ1) is 13.7. The van der Waals surface area contributed by atoms with Crippen LogP contribution in [0.4, 0.5) is 0 Å². The highest BCUT2D eigenvalue weighted by molar-refractivity contribution is 7.09. The summed E-state index contributed by atoms with van der Waals surface area (Å²) in [5.74, 6) is 0. The number of aryl methyl sites for hydroxylation is 1. The van der Waals surface area contributed by atoms with E-state index < -0.39 is 5.60 Å². The Bertz CT molecular complexity index is 477. The molecular weight excluding hydrogens is 264 g/mol. The van der Waals surface area contributed by atoms with E-state index in [4.69, 9.17) is 0 Å². The third kappa shape index (κ3) is 3.38. The number of nitrogens with zero attached hydrogens (tertiary/aromatic N) is 1. The van der Waals surface area contributed by atoms with Crippen LogP contribution in [0.2, 0.25) is 0 Å². The van der Waals surface area contributed by atoms with Gasteiger partial charge in [-0.2, -0.15) is 11.3 Å². The molecule has 0 saturated carbocycles. The second kappa shape index (κ2) is 5.93. The second-order valence-corrected chi connectivity index (χ2v) is 6.20. The Kier molecular flexibility index (Phi) is 4.50. The van der Waals surface area contributed by atoms with Gasteiger partial charge < -0.3 is 10.4 Å². The largest absolute Gasteiger partial charge is 0.384 e. The number of aliphatic hydroxyl groups is 1. The molecule has 0 amide bonds. The van der Waals surface area contributed by atoms with Crippen molar-refractivity contribution in [1.82, 2.24) is 10.3 Å². The van der Waals surface area contributed by atoms with E-state index in [0.717, 1.165) is 22.7 Å². The van der Waals surface area contributed by atoms with Gasteiger partial charge in [0.05, 0.1) is 16.3 Å². The molecule has 1 atom stereocenters. The SMILES string of the molecule is CCc1nc(CNCC(C)(O)c2ccsc2)cs1. The van der Waals surface area contributed by atoms with Crippen molar-refractivity contribution in [2.45, 2.75) is 32.4 Å². The van der Waals surface area contributed by atoms with Gasteiger partial charge in [0.1, 0.15) is 0 Å². The zero-order valence-electron chi connectivity index (χ0n) is 10.6. The summed E-state index contributed by atoms with van der Waals surface area (Å²) in [6.45, 7) is 5.18. The summed E-state index contributed by atoms with van der Waals surface area (Å²) in [6, 6.07) is 1.96. The molecule has 1 unspecified atom stereocenters. The van der Waals surface area contributed by atoms with Crippen molar-refractivity contribution in [3.8, 4) is 0 Å². The molecule has 2 aromatic heterocycles. The predicted molar refractivity (Wildman–Crippen MR) is 77.1 cm³/mol. The van der Waals surface area contributed by atoms with Crippen molar-refractivity contribution in [3.63, 3.8) is 0 Å². The van der Waals surface area contributed by atoms with E-state index in [1.54, 1.807) is 22.7 Å². The maximum Gasteiger partial charge on any atom is 0.1000 e. The van der Waals surface area contributed by atoms with Crippen molar-refractivity contribution >= 4 is 22.7 Å².